The van der Waals surface area contributed by atoms with Gasteiger partial charge in [-0.3, -0.25) is 4.79 Å². The summed E-state index contributed by atoms with van der Waals surface area (Å²) in [5.41, 5.74) is 7.54. The third kappa shape index (κ3) is 6.86. The number of nitrogens with zero attached hydrogens (tertiary/aromatic N) is 1. The monoisotopic (exact) mass is 398 g/mol. The number of aryl methyl sites for hydroxylation is 2. The molecule has 29 heavy (non-hydrogen) atoms. The van der Waals surface area contributed by atoms with Crippen LogP contribution in [-0.2, 0) is 17.6 Å². The van der Waals surface area contributed by atoms with Crippen LogP contribution in [0.4, 0.5) is 4.39 Å². The Morgan fingerprint density at radius 2 is 1.83 bits per heavy atom. The van der Waals surface area contributed by atoms with Gasteiger partial charge in [-0.2, -0.15) is 0 Å². The van der Waals surface area contributed by atoms with Gasteiger partial charge in [0.2, 0.25) is 5.91 Å². The van der Waals surface area contributed by atoms with Crippen molar-refractivity contribution < 1.29 is 13.9 Å². The molecule has 0 radical (unpaired) electrons. The Morgan fingerprint density at radius 3 is 2.55 bits per heavy atom. The maximum Gasteiger partial charge on any atom is 0.220 e. The van der Waals surface area contributed by atoms with Crippen LogP contribution in [0.15, 0.2) is 48.5 Å². The lowest BCUT2D eigenvalue weighted by Crippen LogP contribution is -2.38. The van der Waals surface area contributed by atoms with Crippen molar-refractivity contribution in [1.82, 2.24) is 4.90 Å². The van der Waals surface area contributed by atoms with Crippen LogP contribution in [0.1, 0.15) is 36.8 Å². The Bertz CT molecular complexity index is 774. The molecule has 0 bridgehead atoms. The topological polar surface area (TPSA) is 55.6 Å². The summed E-state index contributed by atoms with van der Waals surface area (Å²) < 4.78 is 19.7. The number of benzene rings is 2. The van der Waals surface area contributed by atoms with Gasteiger partial charge in [0.05, 0.1) is 6.61 Å². The Labute approximate surface area is 172 Å². The second kappa shape index (κ2) is 11.0. The lowest BCUT2D eigenvalue weighted by Gasteiger charge is -2.30. The first-order chi connectivity index (χ1) is 14.1. The molecule has 0 saturated carbocycles. The normalized spacial score (nSPS) is 15.3. The highest BCUT2D eigenvalue weighted by atomic mass is 19.1. The first-order valence-electron chi connectivity index (χ1n) is 10.6. The van der Waals surface area contributed by atoms with Crippen molar-refractivity contribution in [2.75, 3.05) is 26.2 Å². The Hall–Kier alpha value is -2.40. The molecule has 1 aliphatic heterocycles. The Balaban J connectivity index is 1.39. The van der Waals surface area contributed by atoms with Crippen LogP contribution in [0.2, 0.25) is 0 Å². The molecule has 2 aromatic rings. The molecule has 1 aliphatic rings. The number of amides is 1. The number of primary amides is 1. The smallest absolute Gasteiger partial charge is 0.220 e. The predicted octanol–water partition coefficient (Wildman–Crippen LogP) is 3.97. The predicted molar refractivity (Wildman–Crippen MR) is 113 cm³/mol. The molecular weight excluding hydrogens is 367 g/mol. The second-order valence-electron chi connectivity index (χ2n) is 7.81. The maximum atomic E-state index is 13.7. The molecule has 2 aromatic carbocycles. The number of halogens is 1. The van der Waals surface area contributed by atoms with Crippen LogP contribution >= 0.6 is 0 Å². The zero-order valence-electron chi connectivity index (χ0n) is 17.0. The van der Waals surface area contributed by atoms with Crippen LogP contribution in [-0.4, -0.2) is 37.0 Å². The minimum Gasteiger partial charge on any atom is -0.493 e. The summed E-state index contributed by atoms with van der Waals surface area (Å²) >= 11 is 0. The van der Waals surface area contributed by atoms with Crippen LogP contribution in [0.3, 0.4) is 0 Å². The zero-order chi connectivity index (χ0) is 20.5. The summed E-state index contributed by atoms with van der Waals surface area (Å²) in [7, 11) is 0. The summed E-state index contributed by atoms with van der Waals surface area (Å²) in [6, 6.07) is 15.0. The van der Waals surface area contributed by atoms with E-state index in [-0.39, 0.29) is 17.6 Å². The van der Waals surface area contributed by atoms with Crippen LogP contribution in [0.5, 0.6) is 5.75 Å². The van der Waals surface area contributed by atoms with Gasteiger partial charge in [-0.1, -0.05) is 30.3 Å². The van der Waals surface area contributed by atoms with E-state index in [2.05, 4.69) is 17.0 Å². The van der Waals surface area contributed by atoms with E-state index < -0.39 is 0 Å². The molecule has 0 aliphatic carbocycles. The molecular formula is C24H31FN2O2. The fourth-order valence-corrected chi connectivity index (χ4v) is 3.87. The van der Waals surface area contributed by atoms with Crippen molar-refractivity contribution in [2.24, 2.45) is 11.7 Å². The van der Waals surface area contributed by atoms with Crippen molar-refractivity contribution in [1.29, 1.82) is 0 Å². The van der Waals surface area contributed by atoms with Gasteiger partial charge in [0, 0.05) is 5.92 Å². The largest absolute Gasteiger partial charge is 0.493 e. The standard InChI is InChI=1S/C24H31FN2O2/c25-22-10-11-23(21(18-22)9-8-19-6-2-1-3-7-19)29-17-5-4-14-27-15-12-20(13-16-27)24(26)28/h1-3,6-7,10-11,18,20H,4-5,8-9,12-17H2,(H2,26,28). The molecule has 3 rings (SSSR count). The summed E-state index contributed by atoms with van der Waals surface area (Å²) in [5, 5.41) is 0. The number of carbonyl (C=O) groups is 1. The van der Waals surface area contributed by atoms with Gasteiger partial charge in [-0.25, -0.2) is 4.39 Å². The van der Waals surface area contributed by atoms with E-state index in [1.54, 1.807) is 12.1 Å². The fraction of sp³-hybridized carbons (Fsp3) is 0.458. The van der Waals surface area contributed by atoms with E-state index in [1.807, 2.05) is 18.2 Å². The van der Waals surface area contributed by atoms with E-state index in [0.29, 0.717) is 6.61 Å². The highest BCUT2D eigenvalue weighted by Gasteiger charge is 2.22. The maximum absolute atomic E-state index is 13.7. The van der Waals surface area contributed by atoms with E-state index in [9.17, 15) is 9.18 Å². The van der Waals surface area contributed by atoms with E-state index >= 15 is 0 Å². The van der Waals surface area contributed by atoms with Gasteiger partial charge < -0.3 is 15.4 Å². The molecule has 0 spiro atoms. The summed E-state index contributed by atoms with van der Waals surface area (Å²) in [5.74, 6) is 0.437. The van der Waals surface area contributed by atoms with E-state index in [0.717, 1.165) is 69.5 Å². The van der Waals surface area contributed by atoms with Gasteiger partial charge in [-0.15, -0.1) is 0 Å². The van der Waals surface area contributed by atoms with Gasteiger partial charge in [0.1, 0.15) is 11.6 Å². The van der Waals surface area contributed by atoms with Gasteiger partial charge in [0.15, 0.2) is 0 Å². The van der Waals surface area contributed by atoms with Crippen molar-refractivity contribution in [3.63, 3.8) is 0 Å². The number of ether oxygens (including phenoxy) is 1. The molecule has 156 valence electrons. The Kier molecular flexibility index (Phi) is 8.05. The third-order valence-electron chi connectivity index (χ3n) is 5.66. The molecule has 0 atom stereocenters. The SMILES string of the molecule is NC(=O)C1CCN(CCCCOc2ccc(F)cc2CCc2ccccc2)CC1. The van der Waals surface area contributed by atoms with E-state index in [4.69, 9.17) is 10.5 Å². The molecule has 1 heterocycles. The average Bonchev–Trinajstić information content (AvgIpc) is 2.74. The molecule has 1 fully saturated rings. The first-order valence-corrected chi connectivity index (χ1v) is 10.6. The highest BCUT2D eigenvalue weighted by molar-refractivity contribution is 5.76. The number of rotatable bonds is 10. The zero-order valence-corrected chi connectivity index (χ0v) is 17.0. The quantitative estimate of drug-likeness (QED) is 0.616. The van der Waals surface area contributed by atoms with Gasteiger partial charge in [-0.05, 0) is 87.5 Å². The molecule has 5 heteroatoms. The molecule has 0 aromatic heterocycles. The second-order valence-corrected chi connectivity index (χ2v) is 7.81. The van der Waals surface area contributed by atoms with Crippen LogP contribution < -0.4 is 10.5 Å². The van der Waals surface area contributed by atoms with Gasteiger partial charge >= 0.3 is 0 Å². The number of piperidine rings is 1. The number of hydrogen-bond acceptors (Lipinski definition) is 3. The lowest BCUT2D eigenvalue weighted by molar-refractivity contribution is -0.123. The number of likely N-dealkylation sites (tertiary alicyclic amines) is 1. The molecule has 2 N–H and O–H groups in total. The van der Waals surface area contributed by atoms with Crippen molar-refractivity contribution in [3.8, 4) is 5.75 Å². The number of hydrogen-bond donors (Lipinski definition) is 1. The minimum absolute atomic E-state index is 0.0439. The highest BCUT2D eigenvalue weighted by Crippen LogP contribution is 2.22. The van der Waals surface area contributed by atoms with Crippen LogP contribution in [0.25, 0.3) is 0 Å². The minimum atomic E-state index is -0.222. The summed E-state index contributed by atoms with van der Waals surface area (Å²) in [6.45, 7) is 3.52. The van der Waals surface area contributed by atoms with E-state index in [1.165, 1.54) is 11.6 Å². The lowest BCUT2D eigenvalue weighted by atomic mass is 9.96. The average molecular weight is 399 g/mol. The Morgan fingerprint density at radius 1 is 1.07 bits per heavy atom. The first kappa shape index (κ1) is 21.3. The number of unbranched alkanes of at least 4 members (excludes halogenated alkanes) is 1. The number of nitrogens with two attached hydrogens (primary N) is 1. The van der Waals surface area contributed by atoms with Gasteiger partial charge in [0.25, 0.3) is 0 Å². The molecule has 0 unspecified atom stereocenters. The number of carbonyl (C=O) groups excluding carboxylic acids is 1. The van der Waals surface area contributed by atoms with Crippen molar-refractivity contribution >= 4 is 5.91 Å². The van der Waals surface area contributed by atoms with Crippen LogP contribution in [0, 0.1) is 11.7 Å². The molecule has 1 saturated heterocycles. The third-order valence-corrected chi connectivity index (χ3v) is 5.66. The molecule has 4 nitrogen and oxygen atoms in total. The fourth-order valence-electron chi connectivity index (χ4n) is 3.87. The molecule has 1 amide bonds. The van der Waals surface area contributed by atoms with Crippen molar-refractivity contribution in [2.45, 2.75) is 38.5 Å². The van der Waals surface area contributed by atoms with Crippen molar-refractivity contribution in [3.05, 3.63) is 65.5 Å². The summed E-state index contributed by atoms with van der Waals surface area (Å²) in [4.78, 5) is 13.6. The summed E-state index contributed by atoms with van der Waals surface area (Å²) in [6.07, 6.45) is 5.35.